The molecule has 0 fully saturated rings. The lowest BCUT2D eigenvalue weighted by Crippen LogP contribution is -2.25. The summed E-state index contributed by atoms with van der Waals surface area (Å²) in [5.74, 6) is -0.0371. The molecule has 0 amide bonds. The Kier molecular flexibility index (Phi) is 4.02. The highest BCUT2D eigenvalue weighted by molar-refractivity contribution is 7.99. The normalized spacial score (nSPS) is 17.3. The number of rotatable bonds is 1. The van der Waals surface area contributed by atoms with Crippen molar-refractivity contribution in [2.45, 2.75) is 23.5 Å². The van der Waals surface area contributed by atoms with Gasteiger partial charge in [-0.1, -0.05) is 12.1 Å². The van der Waals surface area contributed by atoms with E-state index < -0.39 is 17.4 Å². The molecule has 2 aromatic carbocycles. The van der Waals surface area contributed by atoms with Crippen molar-refractivity contribution in [3.05, 3.63) is 70.0 Å². The molecule has 0 N–H and O–H groups in total. The molecule has 1 unspecified atom stereocenters. The fourth-order valence-electron chi connectivity index (χ4n) is 3.15. The van der Waals surface area contributed by atoms with Crippen LogP contribution in [0.2, 0.25) is 0 Å². The monoisotopic (exact) mass is 380 g/mol. The first-order valence-electron chi connectivity index (χ1n) is 7.82. The molecule has 1 aliphatic heterocycles. The van der Waals surface area contributed by atoms with E-state index in [0.29, 0.717) is 16.2 Å². The van der Waals surface area contributed by atoms with Crippen molar-refractivity contribution in [1.29, 1.82) is 0 Å². The van der Waals surface area contributed by atoms with Crippen molar-refractivity contribution >= 4 is 22.7 Å². The van der Waals surface area contributed by atoms with Crippen LogP contribution in [-0.2, 0) is 12.7 Å². The highest BCUT2D eigenvalue weighted by Crippen LogP contribution is 2.40. The van der Waals surface area contributed by atoms with Gasteiger partial charge < -0.3 is 0 Å². The summed E-state index contributed by atoms with van der Waals surface area (Å²) in [6, 6.07) is 8.03. The Hall–Kier alpha value is -2.35. The van der Waals surface area contributed by atoms with Crippen LogP contribution in [0.15, 0.2) is 52.3 Å². The molecule has 0 spiro atoms. The van der Waals surface area contributed by atoms with Gasteiger partial charge in [0.1, 0.15) is 5.82 Å². The summed E-state index contributed by atoms with van der Waals surface area (Å²) in [6.45, 7) is 0.278. The van der Waals surface area contributed by atoms with E-state index in [1.807, 2.05) is 0 Å². The number of aromatic nitrogens is 2. The first kappa shape index (κ1) is 17.1. The molecule has 134 valence electrons. The first-order chi connectivity index (χ1) is 12.3. The number of hydrogen-bond donors (Lipinski definition) is 0. The lowest BCUT2D eigenvalue weighted by molar-refractivity contribution is -0.137. The number of halogens is 4. The maximum atomic E-state index is 13.2. The SMILES string of the molecule is O=c1ncc2cc(C(F)(F)F)cc3c2n1CC(c1ccc(F)cc1)CS3. The Morgan fingerprint density at radius 2 is 1.88 bits per heavy atom. The Morgan fingerprint density at radius 3 is 2.58 bits per heavy atom. The Labute approximate surface area is 149 Å². The smallest absolute Gasteiger partial charge is 0.290 e. The minimum absolute atomic E-state index is 0.146. The Bertz CT molecular complexity index is 1040. The molecular formula is C18H12F4N2OS. The highest BCUT2D eigenvalue weighted by Gasteiger charge is 2.32. The molecule has 3 nitrogen and oxygen atoms in total. The summed E-state index contributed by atoms with van der Waals surface area (Å²) in [5.41, 5.74) is 0.0205. The van der Waals surface area contributed by atoms with Crippen LogP contribution in [0, 0.1) is 5.82 Å². The molecule has 1 aromatic heterocycles. The third kappa shape index (κ3) is 2.98. The van der Waals surface area contributed by atoms with Crippen LogP contribution in [0.3, 0.4) is 0 Å². The topological polar surface area (TPSA) is 34.9 Å². The number of benzene rings is 2. The van der Waals surface area contributed by atoms with E-state index in [-0.39, 0.29) is 23.7 Å². The third-order valence-corrected chi connectivity index (χ3v) is 5.62. The molecule has 4 rings (SSSR count). The predicted octanol–water partition coefficient (Wildman–Crippen LogP) is 4.44. The van der Waals surface area contributed by atoms with Gasteiger partial charge in [-0.3, -0.25) is 4.57 Å². The molecule has 1 atom stereocenters. The van der Waals surface area contributed by atoms with Crippen LogP contribution in [0.4, 0.5) is 17.6 Å². The van der Waals surface area contributed by atoms with Crippen molar-refractivity contribution in [1.82, 2.24) is 9.55 Å². The Balaban J connectivity index is 1.87. The summed E-state index contributed by atoms with van der Waals surface area (Å²) in [7, 11) is 0. The lowest BCUT2D eigenvalue weighted by atomic mass is 10.0. The van der Waals surface area contributed by atoms with E-state index in [2.05, 4.69) is 4.98 Å². The van der Waals surface area contributed by atoms with Gasteiger partial charge in [-0.05, 0) is 29.8 Å². The third-order valence-electron chi connectivity index (χ3n) is 4.43. The fraction of sp³-hybridized carbons (Fsp3) is 0.222. The maximum Gasteiger partial charge on any atom is 0.416 e. The molecule has 0 saturated carbocycles. The first-order valence-corrected chi connectivity index (χ1v) is 8.80. The zero-order chi connectivity index (χ0) is 18.5. The van der Waals surface area contributed by atoms with Gasteiger partial charge in [0.15, 0.2) is 0 Å². The van der Waals surface area contributed by atoms with E-state index >= 15 is 0 Å². The average Bonchev–Trinajstić information content (AvgIpc) is 2.79. The lowest BCUT2D eigenvalue weighted by Gasteiger charge is -2.16. The van der Waals surface area contributed by atoms with E-state index in [0.717, 1.165) is 17.7 Å². The molecule has 3 aromatic rings. The van der Waals surface area contributed by atoms with Crippen molar-refractivity contribution in [2.75, 3.05) is 5.75 Å². The van der Waals surface area contributed by atoms with E-state index in [9.17, 15) is 22.4 Å². The number of alkyl halides is 3. The summed E-state index contributed by atoms with van der Waals surface area (Å²) < 4.78 is 54.1. The molecule has 8 heteroatoms. The largest absolute Gasteiger partial charge is 0.416 e. The predicted molar refractivity (Wildman–Crippen MR) is 90.9 cm³/mol. The molecule has 26 heavy (non-hydrogen) atoms. The molecular weight excluding hydrogens is 368 g/mol. The summed E-state index contributed by atoms with van der Waals surface area (Å²) in [5, 5.41) is 0.279. The summed E-state index contributed by atoms with van der Waals surface area (Å²) >= 11 is 1.27. The quantitative estimate of drug-likeness (QED) is 0.586. The van der Waals surface area contributed by atoms with Crippen LogP contribution < -0.4 is 5.69 Å². The van der Waals surface area contributed by atoms with Crippen LogP contribution in [0.5, 0.6) is 0 Å². The zero-order valence-electron chi connectivity index (χ0n) is 13.3. The second-order valence-corrected chi connectivity index (χ2v) is 7.18. The van der Waals surface area contributed by atoms with Crippen molar-refractivity contribution in [2.24, 2.45) is 0 Å². The molecule has 0 saturated heterocycles. The number of thioether (sulfide) groups is 1. The number of hydrogen-bond acceptors (Lipinski definition) is 3. The van der Waals surface area contributed by atoms with Gasteiger partial charge >= 0.3 is 11.9 Å². The van der Waals surface area contributed by atoms with Crippen molar-refractivity contribution in [3.8, 4) is 0 Å². The van der Waals surface area contributed by atoms with Crippen LogP contribution in [0.1, 0.15) is 17.0 Å². The van der Waals surface area contributed by atoms with Crippen LogP contribution in [0.25, 0.3) is 10.9 Å². The average molecular weight is 380 g/mol. The summed E-state index contributed by atoms with van der Waals surface area (Å²) in [6.07, 6.45) is -3.29. The summed E-state index contributed by atoms with van der Waals surface area (Å²) in [4.78, 5) is 16.4. The van der Waals surface area contributed by atoms with Gasteiger partial charge in [0.2, 0.25) is 0 Å². The Morgan fingerprint density at radius 1 is 1.15 bits per heavy atom. The minimum Gasteiger partial charge on any atom is -0.290 e. The van der Waals surface area contributed by atoms with Gasteiger partial charge in [-0.2, -0.15) is 13.2 Å². The molecule has 1 aliphatic rings. The molecule has 0 aliphatic carbocycles. The van der Waals surface area contributed by atoms with Crippen LogP contribution >= 0.6 is 11.8 Å². The van der Waals surface area contributed by atoms with E-state index in [1.165, 1.54) is 34.7 Å². The zero-order valence-corrected chi connectivity index (χ0v) is 14.1. The number of nitrogens with zero attached hydrogens (tertiary/aromatic N) is 2. The molecule has 2 heterocycles. The molecule has 0 radical (unpaired) electrons. The second kappa shape index (κ2) is 6.12. The van der Waals surface area contributed by atoms with E-state index in [4.69, 9.17) is 0 Å². The van der Waals surface area contributed by atoms with Gasteiger partial charge in [-0.15, -0.1) is 11.8 Å². The minimum atomic E-state index is -4.48. The van der Waals surface area contributed by atoms with Crippen LogP contribution in [-0.4, -0.2) is 15.3 Å². The van der Waals surface area contributed by atoms with Gasteiger partial charge in [-0.25, -0.2) is 14.2 Å². The van der Waals surface area contributed by atoms with E-state index in [1.54, 1.807) is 12.1 Å². The fourth-order valence-corrected chi connectivity index (χ4v) is 4.40. The highest BCUT2D eigenvalue weighted by atomic mass is 32.2. The maximum absolute atomic E-state index is 13.2. The van der Waals surface area contributed by atoms with Gasteiger partial charge in [0.05, 0.1) is 11.1 Å². The van der Waals surface area contributed by atoms with Gasteiger partial charge in [0, 0.05) is 34.7 Å². The van der Waals surface area contributed by atoms with Crippen molar-refractivity contribution < 1.29 is 17.6 Å². The molecule has 0 bridgehead atoms. The standard InChI is InChI=1S/C18H12F4N2OS/c19-14-3-1-10(2-4-14)12-8-24-16-11(7-23-17(24)25)5-13(18(20,21)22)6-15(16)26-9-12/h1-7,12H,8-9H2. The second-order valence-electron chi connectivity index (χ2n) is 6.12. The van der Waals surface area contributed by atoms with Crippen molar-refractivity contribution in [3.63, 3.8) is 0 Å². The van der Waals surface area contributed by atoms with Gasteiger partial charge in [0.25, 0.3) is 0 Å².